The van der Waals surface area contributed by atoms with Crippen molar-refractivity contribution in [2.24, 2.45) is 17.8 Å². The molecular formula is C32H29ClN4O4. The second kappa shape index (κ2) is 10.3. The van der Waals surface area contributed by atoms with E-state index in [0.717, 1.165) is 11.3 Å². The highest BCUT2D eigenvalue weighted by Gasteiger charge is 2.70. The first-order chi connectivity index (χ1) is 19.8. The second-order valence-corrected chi connectivity index (χ2v) is 11.1. The Kier molecular flexibility index (Phi) is 6.76. The molecule has 0 aliphatic carbocycles. The van der Waals surface area contributed by atoms with Gasteiger partial charge in [-0.2, -0.15) is 5.10 Å². The maximum atomic E-state index is 14.3. The summed E-state index contributed by atoms with van der Waals surface area (Å²) in [6.07, 6.45) is 1.88. The predicted molar refractivity (Wildman–Crippen MR) is 155 cm³/mol. The number of fused-ring (bicyclic) bond motifs is 1. The highest BCUT2D eigenvalue weighted by atomic mass is 35.5. The van der Waals surface area contributed by atoms with Gasteiger partial charge in [0.2, 0.25) is 11.8 Å². The van der Waals surface area contributed by atoms with Gasteiger partial charge in [0.05, 0.1) is 36.0 Å². The fraction of sp³-hybridized carbons (Fsp3) is 0.250. The van der Waals surface area contributed by atoms with Gasteiger partial charge in [-0.15, -0.1) is 0 Å². The third kappa shape index (κ3) is 4.17. The number of hydrogen-bond acceptors (Lipinski definition) is 6. The summed E-state index contributed by atoms with van der Waals surface area (Å²) in [6, 6.07) is 25.2. The number of methoxy groups -OCH3 is 1. The van der Waals surface area contributed by atoms with Gasteiger partial charge in [-0.3, -0.25) is 19.7 Å². The summed E-state index contributed by atoms with van der Waals surface area (Å²) in [6.45, 7) is 3.72. The lowest BCUT2D eigenvalue weighted by atomic mass is 9.73. The van der Waals surface area contributed by atoms with Gasteiger partial charge in [-0.1, -0.05) is 74.0 Å². The lowest BCUT2D eigenvalue weighted by molar-refractivity contribution is -0.154. The minimum Gasteiger partial charge on any atom is -0.468 e. The zero-order valence-corrected chi connectivity index (χ0v) is 23.6. The molecule has 2 aliphatic heterocycles. The van der Waals surface area contributed by atoms with Crippen LogP contribution in [0.25, 0.3) is 16.9 Å². The Labute approximate surface area is 242 Å². The number of benzene rings is 3. The number of nitrogens with one attached hydrogen (secondary N) is 1. The van der Waals surface area contributed by atoms with E-state index in [-0.39, 0.29) is 5.92 Å². The Morgan fingerprint density at radius 2 is 1.56 bits per heavy atom. The third-order valence-corrected chi connectivity index (χ3v) is 8.51. The largest absolute Gasteiger partial charge is 0.468 e. The van der Waals surface area contributed by atoms with E-state index in [4.69, 9.17) is 21.4 Å². The molecule has 1 aromatic heterocycles. The van der Waals surface area contributed by atoms with Crippen LogP contribution in [0.5, 0.6) is 0 Å². The number of halogens is 1. The van der Waals surface area contributed by atoms with E-state index < -0.39 is 41.2 Å². The van der Waals surface area contributed by atoms with Crippen molar-refractivity contribution in [1.82, 2.24) is 15.1 Å². The molecule has 8 nitrogen and oxygen atoms in total. The van der Waals surface area contributed by atoms with Crippen LogP contribution in [-0.4, -0.2) is 40.2 Å². The van der Waals surface area contributed by atoms with Crippen molar-refractivity contribution >= 4 is 35.1 Å². The minimum absolute atomic E-state index is 0.376. The number of carbonyl (C=O) groups is 3. The normalized spacial score (nSPS) is 23.7. The number of carbonyl (C=O) groups excluding carboxylic acids is 3. The average Bonchev–Trinajstić information content (AvgIpc) is 3.66. The average molecular weight is 569 g/mol. The monoisotopic (exact) mass is 568 g/mol. The number of anilines is 1. The van der Waals surface area contributed by atoms with Crippen molar-refractivity contribution in [2.45, 2.75) is 25.4 Å². The molecule has 4 aromatic rings. The van der Waals surface area contributed by atoms with E-state index in [0.29, 0.717) is 22.0 Å². The van der Waals surface area contributed by atoms with Crippen molar-refractivity contribution in [3.05, 3.63) is 102 Å². The number of aromatic nitrogens is 2. The number of esters is 1. The Morgan fingerprint density at radius 3 is 2.17 bits per heavy atom. The number of nitrogens with zero attached hydrogens (tertiary/aromatic N) is 3. The Hall–Kier alpha value is -4.27. The zero-order chi connectivity index (χ0) is 28.9. The molecule has 2 saturated heterocycles. The zero-order valence-electron chi connectivity index (χ0n) is 22.8. The molecule has 3 aromatic carbocycles. The number of hydrogen-bond donors (Lipinski definition) is 1. The smallest absolute Gasteiger partial charge is 0.327 e. The van der Waals surface area contributed by atoms with Crippen molar-refractivity contribution in [3.8, 4) is 16.9 Å². The van der Waals surface area contributed by atoms with Crippen LogP contribution in [0.1, 0.15) is 25.5 Å². The van der Waals surface area contributed by atoms with Gasteiger partial charge in [0.15, 0.2) is 0 Å². The molecule has 2 aliphatic rings. The number of rotatable bonds is 6. The number of ether oxygens (including phenoxy) is 1. The molecule has 2 fully saturated rings. The van der Waals surface area contributed by atoms with E-state index in [1.165, 1.54) is 12.0 Å². The molecule has 4 atom stereocenters. The molecule has 9 heteroatoms. The van der Waals surface area contributed by atoms with Gasteiger partial charge in [-0.25, -0.2) is 9.58 Å². The third-order valence-electron chi connectivity index (χ3n) is 8.26. The molecule has 0 radical (unpaired) electrons. The summed E-state index contributed by atoms with van der Waals surface area (Å²) in [7, 11) is 1.30. The maximum Gasteiger partial charge on any atom is 0.327 e. The second-order valence-electron chi connectivity index (χ2n) is 10.7. The van der Waals surface area contributed by atoms with Crippen molar-refractivity contribution in [3.63, 3.8) is 0 Å². The molecule has 1 N–H and O–H groups in total. The molecule has 6 rings (SSSR count). The van der Waals surface area contributed by atoms with Crippen LogP contribution in [-0.2, 0) is 19.1 Å². The van der Waals surface area contributed by atoms with Crippen LogP contribution in [0, 0.1) is 17.8 Å². The molecule has 208 valence electrons. The van der Waals surface area contributed by atoms with E-state index in [1.807, 2.05) is 80.7 Å². The van der Waals surface area contributed by atoms with Gasteiger partial charge in [0, 0.05) is 28.4 Å². The van der Waals surface area contributed by atoms with E-state index in [1.54, 1.807) is 28.9 Å². The Bertz CT molecular complexity index is 1620. The lowest BCUT2D eigenvalue weighted by Crippen LogP contribution is -2.59. The summed E-state index contributed by atoms with van der Waals surface area (Å²) in [5, 5.41) is 8.89. The van der Waals surface area contributed by atoms with Crippen LogP contribution >= 0.6 is 11.6 Å². The van der Waals surface area contributed by atoms with Crippen LogP contribution in [0.4, 0.5) is 5.69 Å². The summed E-state index contributed by atoms with van der Waals surface area (Å²) in [5.41, 5.74) is 2.01. The summed E-state index contributed by atoms with van der Waals surface area (Å²) in [4.78, 5) is 43.2. The summed E-state index contributed by atoms with van der Waals surface area (Å²) >= 11 is 6.10. The fourth-order valence-corrected chi connectivity index (χ4v) is 6.45. The summed E-state index contributed by atoms with van der Waals surface area (Å²) < 4.78 is 7.06. The van der Waals surface area contributed by atoms with Gasteiger partial charge < -0.3 is 4.74 Å². The topological polar surface area (TPSA) is 93.5 Å². The van der Waals surface area contributed by atoms with E-state index in [2.05, 4.69) is 5.32 Å². The molecule has 0 bridgehead atoms. The van der Waals surface area contributed by atoms with Crippen LogP contribution in [0.3, 0.4) is 0 Å². The first-order valence-corrected chi connectivity index (χ1v) is 13.9. The van der Waals surface area contributed by atoms with Crippen LogP contribution in [0.2, 0.25) is 5.02 Å². The molecule has 2 amide bonds. The Balaban J connectivity index is 1.56. The van der Waals surface area contributed by atoms with Gasteiger partial charge in [-0.05, 0) is 42.3 Å². The van der Waals surface area contributed by atoms with E-state index >= 15 is 0 Å². The van der Waals surface area contributed by atoms with Gasteiger partial charge in [0.25, 0.3) is 0 Å². The SMILES string of the molecule is COC(=O)[C@]1(C(C)C)N[C@H](c2cn(-c3ccccc3)nc2-c2ccccc2)[C@@H]2C(=O)N(c3ccc(Cl)cc3)C(=O)[C@@H]21. The maximum absolute atomic E-state index is 14.3. The van der Waals surface area contributed by atoms with Crippen LogP contribution in [0.15, 0.2) is 91.1 Å². The molecule has 0 spiro atoms. The highest BCUT2D eigenvalue weighted by Crippen LogP contribution is 2.53. The molecule has 0 saturated carbocycles. The minimum atomic E-state index is -1.44. The highest BCUT2D eigenvalue weighted by molar-refractivity contribution is 6.31. The number of imide groups is 1. The van der Waals surface area contributed by atoms with Crippen molar-refractivity contribution < 1.29 is 19.1 Å². The number of amides is 2. The molecule has 41 heavy (non-hydrogen) atoms. The molecular weight excluding hydrogens is 540 g/mol. The first kappa shape index (κ1) is 26.9. The van der Waals surface area contributed by atoms with Gasteiger partial charge >= 0.3 is 5.97 Å². The van der Waals surface area contributed by atoms with Crippen molar-refractivity contribution in [1.29, 1.82) is 0 Å². The summed E-state index contributed by atoms with van der Waals surface area (Å²) in [5.74, 6) is -3.67. The van der Waals surface area contributed by atoms with Crippen LogP contribution < -0.4 is 10.2 Å². The number of para-hydroxylation sites is 1. The van der Waals surface area contributed by atoms with E-state index in [9.17, 15) is 14.4 Å². The first-order valence-electron chi connectivity index (χ1n) is 13.5. The van der Waals surface area contributed by atoms with Crippen molar-refractivity contribution in [2.75, 3.05) is 12.0 Å². The standard InChI is InChI=1S/C32H29ClN4O4/c1-19(2)32(31(40)41-3)26-25(29(38)37(30(26)39)23-16-14-21(33)15-17-23)28(34-32)24-18-36(22-12-8-5-9-13-22)35-27(24)20-10-6-4-7-11-20/h4-19,25-26,28,34H,1-3H3/t25-,26-,28-,32-/m1/s1. The Morgan fingerprint density at radius 1 is 0.927 bits per heavy atom. The lowest BCUT2D eigenvalue weighted by Gasteiger charge is -2.35. The molecule has 0 unspecified atom stereocenters. The quantitative estimate of drug-likeness (QED) is 0.253. The predicted octanol–water partition coefficient (Wildman–Crippen LogP) is 5.21. The van der Waals surface area contributed by atoms with Gasteiger partial charge in [0.1, 0.15) is 5.54 Å². The molecule has 3 heterocycles. The fourth-order valence-electron chi connectivity index (χ4n) is 6.32.